The van der Waals surface area contributed by atoms with Crippen molar-refractivity contribution in [1.82, 2.24) is 5.16 Å². The number of nitrogens with zero attached hydrogens (tertiary/aromatic N) is 1. The van der Waals surface area contributed by atoms with Crippen LogP contribution in [0, 0.1) is 5.92 Å². The van der Waals surface area contributed by atoms with E-state index in [2.05, 4.69) is 15.0 Å². The van der Waals surface area contributed by atoms with Gasteiger partial charge in [0, 0.05) is 11.7 Å². The summed E-state index contributed by atoms with van der Waals surface area (Å²) < 4.78 is 4.59. The molecule has 0 saturated carbocycles. The molecule has 13 heavy (non-hydrogen) atoms. The summed E-state index contributed by atoms with van der Waals surface area (Å²) in [5.41, 5.74) is 0.609. The summed E-state index contributed by atoms with van der Waals surface area (Å²) in [5.74, 6) is 0.819. The van der Waals surface area contributed by atoms with Gasteiger partial charge in [0.05, 0.1) is 6.20 Å². The standard InChI is InChI=1S/C8H12N2O2S/c1-6(5-13-2)8(11)10-7-3-9-12-4-7/h3-4,6H,5H2,1-2H3,(H,10,11). The number of thioether (sulfide) groups is 1. The first-order valence-electron chi connectivity index (χ1n) is 3.93. The second kappa shape index (κ2) is 4.91. The van der Waals surface area contributed by atoms with Gasteiger partial charge in [0.2, 0.25) is 5.91 Å². The quantitative estimate of drug-likeness (QED) is 0.802. The van der Waals surface area contributed by atoms with E-state index in [-0.39, 0.29) is 11.8 Å². The minimum absolute atomic E-state index is 0.00227. The third kappa shape index (κ3) is 3.10. The molecule has 1 aromatic rings. The normalized spacial score (nSPS) is 12.5. The van der Waals surface area contributed by atoms with Crippen molar-refractivity contribution in [3.63, 3.8) is 0 Å². The summed E-state index contributed by atoms with van der Waals surface area (Å²) in [7, 11) is 0. The lowest BCUT2D eigenvalue weighted by Gasteiger charge is -2.08. The highest BCUT2D eigenvalue weighted by molar-refractivity contribution is 7.98. The first-order chi connectivity index (χ1) is 6.24. The Kier molecular flexibility index (Phi) is 3.82. The van der Waals surface area contributed by atoms with E-state index in [1.54, 1.807) is 11.8 Å². The van der Waals surface area contributed by atoms with Gasteiger partial charge in [-0.15, -0.1) is 0 Å². The van der Waals surface area contributed by atoms with E-state index >= 15 is 0 Å². The smallest absolute Gasteiger partial charge is 0.228 e. The van der Waals surface area contributed by atoms with Crippen LogP contribution in [0.5, 0.6) is 0 Å². The molecular weight excluding hydrogens is 188 g/mol. The van der Waals surface area contributed by atoms with Gasteiger partial charge in [0.1, 0.15) is 12.0 Å². The van der Waals surface area contributed by atoms with Crippen molar-refractivity contribution in [3.8, 4) is 0 Å². The molecule has 0 radical (unpaired) electrons. The first kappa shape index (κ1) is 10.1. The number of amides is 1. The van der Waals surface area contributed by atoms with Crippen molar-refractivity contribution in [1.29, 1.82) is 0 Å². The number of nitrogens with one attached hydrogen (secondary N) is 1. The SMILES string of the molecule is CSCC(C)C(=O)Nc1cnoc1. The van der Waals surface area contributed by atoms with E-state index in [0.717, 1.165) is 5.75 Å². The van der Waals surface area contributed by atoms with Gasteiger partial charge in [0.25, 0.3) is 0 Å². The number of rotatable bonds is 4. The molecule has 0 saturated heterocycles. The molecule has 72 valence electrons. The highest BCUT2D eigenvalue weighted by atomic mass is 32.2. The van der Waals surface area contributed by atoms with Crippen LogP contribution in [-0.2, 0) is 4.79 Å². The second-order valence-corrected chi connectivity index (χ2v) is 3.67. The lowest BCUT2D eigenvalue weighted by molar-refractivity contribution is -0.118. The Labute approximate surface area is 81.1 Å². The van der Waals surface area contributed by atoms with Gasteiger partial charge in [-0.2, -0.15) is 11.8 Å². The van der Waals surface area contributed by atoms with Crippen LogP contribution in [0.1, 0.15) is 6.92 Å². The number of carbonyl (C=O) groups is 1. The van der Waals surface area contributed by atoms with E-state index in [1.807, 2.05) is 13.2 Å². The number of aromatic nitrogens is 1. The summed E-state index contributed by atoms with van der Waals surface area (Å²) in [6.07, 6.45) is 4.86. The maximum absolute atomic E-state index is 11.4. The number of hydrogen-bond acceptors (Lipinski definition) is 4. The molecule has 0 aliphatic heterocycles. The molecule has 0 aliphatic rings. The Morgan fingerprint density at radius 2 is 2.62 bits per heavy atom. The van der Waals surface area contributed by atoms with Gasteiger partial charge in [-0.25, -0.2) is 0 Å². The van der Waals surface area contributed by atoms with Crippen molar-refractivity contribution in [3.05, 3.63) is 12.5 Å². The lowest BCUT2D eigenvalue weighted by Crippen LogP contribution is -2.21. The summed E-state index contributed by atoms with van der Waals surface area (Å²) in [6.45, 7) is 1.89. The molecular formula is C8H12N2O2S. The zero-order valence-corrected chi connectivity index (χ0v) is 8.43. The monoisotopic (exact) mass is 200 g/mol. The van der Waals surface area contributed by atoms with E-state index in [1.165, 1.54) is 12.5 Å². The van der Waals surface area contributed by atoms with Gasteiger partial charge in [-0.1, -0.05) is 12.1 Å². The molecule has 0 aromatic carbocycles. The van der Waals surface area contributed by atoms with Crippen molar-refractivity contribution < 1.29 is 9.32 Å². The Bertz CT molecular complexity index is 261. The van der Waals surface area contributed by atoms with Crippen LogP contribution in [0.25, 0.3) is 0 Å². The minimum atomic E-state index is -0.00227. The molecule has 0 bridgehead atoms. The second-order valence-electron chi connectivity index (χ2n) is 2.76. The van der Waals surface area contributed by atoms with Crippen LogP contribution in [0.2, 0.25) is 0 Å². The molecule has 0 spiro atoms. The van der Waals surface area contributed by atoms with E-state index in [9.17, 15) is 4.79 Å². The van der Waals surface area contributed by atoms with Crippen molar-refractivity contribution in [2.45, 2.75) is 6.92 Å². The topological polar surface area (TPSA) is 55.1 Å². The summed E-state index contributed by atoms with van der Waals surface area (Å²) in [4.78, 5) is 11.4. The molecule has 1 unspecified atom stereocenters. The average molecular weight is 200 g/mol. The van der Waals surface area contributed by atoms with Crippen LogP contribution in [0.4, 0.5) is 5.69 Å². The maximum atomic E-state index is 11.4. The summed E-state index contributed by atoms with van der Waals surface area (Å²) in [5, 5.41) is 6.18. The zero-order valence-electron chi connectivity index (χ0n) is 7.61. The van der Waals surface area contributed by atoms with E-state index in [4.69, 9.17) is 0 Å². The molecule has 0 fully saturated rings. The largest absolute Gasteiger partial charge is 0.363 e. The van der Waals surface area contributed by atoms with Gasteiger partial charge in [-0.05, 0) is 6.26 Å². The Morgan fingerprint density at radius 3 is 3.15 bits per heavy atom. The fourth-order valence-electron chi connectivity index (χ4n) is 0.858. The molecule has 1 atom stereocenters. The molecule has 1 rings (SSSR count). The average Bonchev–Trinajstić information content (AvgIpc) is 2.57. The highest BCUT2D eigenvalue weighted by Crippen LogP contribution is 2.09. The third-order valence-electron chi connectivity index (χ3n) is 1.56. The van der Waals surface area contributed by atoms with Crippen molar-refractivity contribution in [2.24, 2.45) is 5.92 Å². The molecule has 0 aliphatic carbocycles. The fraction of sp³-hybridized carbons (Fsp3) is 0.500. The van der Waals surface area contributed by atoms with Crippen LogP contribution < -0.4 is 5.32 Å². The van der Waals surface area contributed by atoms with E-state index in [0.29, 0.717) is 5.69 Å². The van der Waals surface area contributed by atoms with Gasteiger partial charge < -0.3 is 9.84 Å². The van der Waals surface area contributed by atoms with Crippen molar-refractivity contribution in [2.75, 3.05) is 17.3 Å². The Hall–Kier alpha value is -0.970. The van der Waals surface area contributed by atoms with Crippen molar-refractivity contribution >= 4 is 23.4 Å². The first-order valence-corrected chi connectivity index (χ1v) is 5.32. The molecule has 1 heterocycles. The van der Waals surface area contributed by atoms with Gasteiger partial charge in [-0.3, -0.25) is 4.79 Å². The fourth-order valence-corrected chi connectivity index (χ4v) is 1.51. The van der Waals surface area contributed by atoms with Gasteiger partial charge >= 0.3 is 0 Å². The zero-order chi connectivity index (χ0) is 9.68. The third-order valence-corrected chi connectivity index (χ3v) is 2.40. The number of carbonyl (C=O) groups excluding carboxylic acids is 1. The van der Waals surface area contributed by atoms with E-state index < -0.39 is 0 Å². The Balaban J connectivity index is 2.41. The molecule has 5 heteroatoms. The molecule has 1 N–H and O–H groups in total. The summed E-state index contributed by atoms with van der Waals surface area (Å²) >= 11 is 1.65. The van der Waals surface area contributed by atoms with Crippen LogP contribution in [-0.4, -0.2) is 23.1 Å². The van der Waals surface area contributed by atoms with Crippen LogP contribution in [0.15, 0.2) is 17.0 Å². The van der Waals surface area contributed by atoms with Crippen LogP contribution in [0.3, 0.4) is 0 Å². The number of anilines is 1. The van der Waals surface area contributed by atoms with Gasteiger partial charge in [0.15, 0.2) is 0 Å². The number of hydrogen-bond donors (Lipinski definition) is 1. The predicted molar refractivity (Wildman–Crippen MR) is 52.7 cm³/mol. The predicted octanol–water partition coefficient (Wildman–Crippen LogP) is 1.61. The molecule has 1 aromatic heterocycles. The highest BCUT2D eigenvalue weighted by Gasteiger charge is 2.12. The molecule has 1 amide bonds. The minimum Gasteiger partial charge on any atom is -0.363 e. The lowest BCUT2D eigenvalue weighted by atomic mass is 10.2. The Morgan fingerprint density at radius 1 is 1.85 bits per heavy atom. The summed E-state index contributed by atoms with van der Waals surface area (Å²) in [6, 6.07) is 0. The molecule has 4 nitrogen and oxygen atoms in total. The maximum Gasteiger partial charge on any atom is 0.228 e. The van der Waals surface area contributed by atoms with Crippen LogP contribution >= 0.6 is 11.8 Å².